The predicted octanol–water partition coefficient (Wildman–Crippen LogP) is 4.36. The van der Waals surface area contributed by atoms with Gasteiger partial charge in [-0.3, -0.25) is 4.79 Å². The topological polar surface area (TPSA) is 90.7 Å². The summed E-state index contributed by atoms with van der Waals surface area (Å²) in [6, 6.07) is 13.1. The van der Waals surface area contributed by atoms with E-state index in [2.05, 4.69) is 20.6 Å². The third-order valence-corrected chi connectivity index (χ3v) is 3.66. The molecule has 1 aromatic heterocycles. The van der Waals surface area contributed by atoms with Crippen LogP contribution < -0.4 is 10.6 Å². The summed E-state index contributed by atoms with van der Waals surface area (Å²) in [4.78, 5) is 20.2. The SMILES string of the molecule is N#Cc1ccccc1Nc1ncc(C(=O)Nc2cccc(C(F)(F)F)c2)cn1. The van der Waals surface area contributed by atoms with Crippen molar-refractivity contribution < 1.29 is 18.0 Å². The van der Waals surface area contributed by atoms with Crippen LogP contribution in [0.15, 0.2) is 60.9 Å². The van der Waals surface area contributed by atoms with E-state index in [1.807, 2.05) is 6.07 Å². The van der Waals surface area contributed by atoms with E-state index < -0.39 is 17.6 Å². The summed E-state index contributed by atoms with van der Waals surface area (Å²) in [6.45, 7) is 0. The molecule has 2 aromatic carbocycles. The van der Waals surface area contributed by atoms with Crippen LogP contribution in [0, 0.1) is 11.3 Å². The minimum Gasteiger partial charge on any atom is -0.323 e. The Morgan fingerprint density at radius 1 is 1.04 bits per heavy atom. The lowest BCUT2D eigenvalue weighted by atomic mass is 10.2. The molecule has 28 heavy (non-hydrogen) atoms. The highest BCUT2D eigenvalue weighted by molar-refractivity contribution is 6.03. The summed E-state index contributed by atoms with van der Waals surface area (Å²) in [7, 11) is 0. The Kier molecular flexibility index (Phi) is 5.22. The Labute approximate surface area is 157 Å². The molecule has 0 unspecified atom stereocenters. The fraction of sp³-hybridized carbons (Fsp3) is 0.0526. The van der Waals surface area contributed by atoms with Crippen molar-refractivity contribution >= 4 is 23.2 Å². The first-order valence-corrected chi connectivity index (χ1v) is 7.93. The third-order valence-electron chi connectivity index (χ3n) is 3.66. The predicted molar refractivity (Wildman–Crippen MR) is 95.9 cm³/mol. The normalized spacial score (nSPS) is 10.8. The molecular formula is C19H12F3N5O. The Bertz CT molecular complexity index is 1040. The maximum absolute atomic E-state index is 12.7. The van der Waals surface area contributed by atoms with E-state index in [4.69, 9.17) is 5.26 Å². The number of para-hydroxylation sites is 1. The van der Waals surface area contributed by atoms with Crippen molar-refractivity contribution in [1.29, 1.82) is 5.26 Å². The molecule has 140 valence electrons. The number of anilines is 3. The first-order chi connectivity index (χ1) is 13.4. The Morgan fingerprint density at radius 3 is 2.43 bits per heavy atom. The zero-order valence-corrected chi connectivity index (χ0v) is 14.2. The molecule has 0 spiro atoms. The van der Waals surface area contributed by atoms with E-state index in [1.54, 1.807) is 24.3 Å². The summed E-state index contributed by atoms with van der Waals surface area (Å²) >= 11 is 0. The molecule has 6 nitrogen and oxygen atoms in total. The Hall–Kier alpha value is -3.93. The fourth-order valence-electron chi connectivity index (χ4n) is 2.30. The summed E-state index contributed by atoms with van der Waals surface area (Å²) in [5.41, 5.74) is 0.113. The quantitative estimate of drug-likeness (QED) is 0.698. The van der Waals surface area contributed by atoms with Crippen LogP contribution in [0.2, 0.25) is 0 Å². The lowest BCUT2D eigenvalue weighted by Gasteiger charge is -2.10. The minimum absolute atomic E-state index is 0.00461. The van der Waals surface area contributed by atoms with Crippen LogP contribution >= 0.6 is 0 Å². The second-order valence-electron chi connectivity index (χ2n) is 5.61. The van der Waals surface area contributed by atoms with Gasteiger partial charge in [0.1, 0.15) is 6.07 Å². The van der Waals surface area contributed by atoms with Gasteiger partial charge in [-0.1, -0.05) is 18.2 Å². The molecule has 0 aliphatic heterocycles. The molecule has 2 N–H and O–H groups in total. The highest BCUT2D eigenvalue weighted by Gasteiger charge is 2.30. The monoisotopic (exact) mass is 383 g/mol. The van der Waals surface area contributed by atoms with Crippen LogP contribution in [-0.2, 0) is 6.18 Å². The molecule has 0 saturated heterocycles. The number of nitrogens with one attached hydrogen (secondary N) is 2. The number of nitriles is 1. The van der Waals surface area contributed by atoms with Crippen LogP contribution in [0.1, 0.15) is 21.5 Å². The van der Waals surface area contributed by atoms with Gasteiger partial charge in [0.15, 0.2) is 0 Å². The smallest absolute Gasteiger partial charge is 0.323 e. The maximum Gasteiger partial charge on any atom is 0.416 e. The molecule has 0 fully saturated rings. The van der Waals surface area contributed by atoms with E-state index in [9.17, 15) is 18.0 Å². The molecule has 0 aliphatic carbocycles. The minimum atomic E-state index is -4.50. The number of amides is 1. The van der Waals surface area contributed by atoms with E-state index in [0.29, 0.717) is 11.3 Å². The highest BCUT2D eigenvalue weighted by atomic mass is 19.4. The fourth-order valence-corrected chi connectivity index (χ4v) is 2.30. The van der Waals surface area contributed by atoms with Gasteiger partial charge in [-0.2, -0.15) is 18.4 Å². The molecule has 1 heterocycles. The van der Waals surface area contributed by atoms with Gasteiger partial charge in [-0.25, -0.2) is 9.97 Å². The van der Waals surface area contributed by atoms with Gasteiger partial charge in [-0.15, -0.1) is 0 Å². The number of benzene rings is 2. The Balaban J connectivity index is 1.71. The van der Waals surface area contributed by atoms with Crippen LogP contribution in [0.5, 0.6) is 0 Å². The van der Waals surface area contributed by atoms with Gasteiger partial charge in [-0.05, 0) is 30.3 Å². The van der Waals surface area contributed by atoms with E-state index in [0.717, 1.165) is 12.1 Å². The molecule has 0 radical (unpaired) electrons. The number of halogens is 3. The van der Waals surface area contributed by atoms with Crippen molar-refractivity contribution in [2.24, 2.45) is 0 Å². The molecule has 9 heteroatoms. The number of aromatic nitrogens is 2. The number of nitrogens with zero attached hydrogens (tertiary/aromatic N) is 3. The third kappa shape index (κ3) is 4.42. The van der Waals surface area contributed by atoms with Crippen LogP contribution in [0.25, 0.3) is 0 Å². The number of hydrogen-bond acceptors (Lipinski definition) is 5. The summed E-state index contributed by atoms with van der Waals surface area (Å²) in [5, 5.41) is 14.3. The second-order valence-corrected chi connectivity index (χ2v) is 5.61. The van der Waals surface area contributed by atoms with Gasteiger partial charge >= 0.3 is 6.18 Å². The van der Waals surface area contributed by atoms with E-state index >= 15 is 0 Å². The van der Waals surface area contributed by atoms with Crippen LogP contribution in [0.3, 0.4) is 0 Å². The summed E-state index contributed by atoms with van der Waals surface area (Å²) in [5.74, 6) is -0.485. The molecule has 0 bridgehead atoms. The Morgan fingerprint density at radius 2 is 1.75 bits per heavy atom. The average molecular weight is 383 g/mol. The zero-order valence-electron chi connectivity index (χ0n) is 14.2. The van der Waals surface area contributed by atoms with Gasteiger partial charge in [0.2, 0.25) is 5.95 Å². The van der Waals surface area contributed by atoms with Gasteiger partial charge in [0.25, 0.3) is 5.91 Å². The number of carbonyl (C=O) groups excluding carboxylic acids is 1. The number of alkyl halides is 3. The largest absolute Gasteiger partial charge is 0.416 e. The molecule has 1 amide bonds. The van der Waals surface area contributed by atoms with Gasteiger partial charge in [0, 0.05) is 18.1 Å². The van der Waals surface area contributed by atoms with Crippen LogP contribution in [-0.4, -0.2) is 15.9 Å². The average Bonchev–Trinajstić information content (AvgIpc) is 2.68. The lowest BCUT2D eigenvalue weighted by Crippen LogP contribution is -2.14. The van der Waals surface area contributed by atoms with Crippen molar-refractivity contribution in [2.75, 3.05) is 10.6 Å². The number of carbonyl (C=O) groups is 1. The second kappa shape index (κ2) is 7.75. The lowest BCUT2D eigenvalue weighted by molar-refractivity contribution is -0.137. The van der Waals surface area contributed by atoms with Crippen LogP contribution in [0.4, 0.5) is 30.5 Å². The summed E-state index contributed by atoms with van der Waals surface area (Å²) in [6.07, 6.45) is -2.04. The molecular weight excluding hydrogens is 371 g/mol. The van der Waals surface area contributed by atoms with Crippen molar-refractivity contribution in [2.45, 2.75) is 6.18 Å². The van der Waals surface area contributed by atoms with Crippen molar-refractivity contribution in [3.05, 3.63) is 77.6 Å². The van der Waals surface area contributed by atoms with Gasteiger partial charge in [0.05, 0.1) is 22.4 Å². The zero-order chi connectivity index (χ0) is 20.1. The van der Waals surface area contributed by atoms with E-state index in [1.165, 1.54) is 24.5 Å². The van der Waals surface area contributed by atoms with Crippen molar-refractivity contribution in [3.63, 3.8) is 0 Å². The molecule has 0 aliphatic rings. The standard InChI is InChI=1S/C19H12F3N5O/c20-19(21,22)14-5-3-6-15(8-14)26-17(28)13-10-24-18(25-11-13)27-16-7-2-1-4-12(16)9-23/h1-8,10-11H,(H,26,28)(H,24,25,27). The summed E-state index contributed by atoms with van der Waals surface area (Å²) < 4.78 is 38.2. The molecule has 0 saturated carbocycles. The maximum atomic E-state index is 12.7. The van der Waals surface area contributed by atoms with E-state index in [-0.39, 0.29) is 17.2 Å². The first-order valence-electron chi connectivity index (χ1n) is 7.93. The number of rotatable bonds is 4. The van der Waals surface area contributed by atoms with Crippen molar-refractivity contribution in [1.82, 2.24) is 9.97 Å². The first kappa shape index (κ1) is 18.8. The van der Waals surface area contributed by atoms with Crippen molar-refractivity contribution in [3.8, 4) is 6.07 Å². The number of hydrogen-bond donors (Lipinski definition) is 2. The molecule has 3 rings (SSSR count). The molecule has 3 aromatic rings. The van der Waals surface area contributed by atoms with Gasteiger partial charge < -0.3 is 10.6 Å². The highest BCUT2D eigenvalue weighted by Crippen LogP contribution is 2.30. The molecule has 0 atom stereocenters.